The van der Waals surface area contributed by atoms with Gasteiger partial charge in [0.05, 0.1) is 11.3 Å². The predicted molar refractivity (Wildman–Crippen MR) is 68.4 cm³/mol. The van der Waals surface area contributed by atoms with Crippen molar-refractivity contribution in [1.82, 2.24) is 0 Å². The summed E-state index contributed by atoms with van der Waals surface area (Å²) >= 11 is 0. The number of aryl methyl sites for hydroxylation is 1. The minimum absolute atomic E-state index is 0.502. The molecule has 1 aromatic rings. The second kappa shape index (κ2) is 4.69. The van der Waals surface area contributed by atoms with Crippen LogP contribution >= 0.6 is 0 Å². The zero-order chi connectivity index (χ0) is 13.2. The maximum absolute atomic E-state index is 11.4. The molecule has 1 aliphatic carbocycles. The minimum Gasteiger partial charge on any atom is -0.480 e. The highest BCUT2D eigenvalue weighted by atomic mass is 16.4. The molecule has 0 atom stereocenters. The van der Waals surface area contributed by atoms with E-state index in [1.165, 1.54) is 0 Å². The maximum atomic E-state index is 11.4. The van der Waals surface area contributed by atoms with Crippen LogP contribution in [0.1, 0.15) is 36.8 Å². The Morgan fingerprint density at radius 3 is 2.67 bits per heavy atom. The van der Waals surface area contributed by atoms with E-state index in [9.17, 15) is 9.90 Å². The molecule has 1 saturated carbocycles. The number of anilines is 1. The van der Waals surface area contributed by atoms with Crippen molar-refractivity contribution in [2.24, 2.45) is 0 Å². The Hall–Kier alpha value is -2.02. The van der Waals surface area contributed by atoms with E-state index in [1.807, 2.05) is 13.0 Å². The number of nitriles is 1. The van der Waals surface area contributed by atoms with E-state index < -0.39 is 11.5 Å². The van der Waals surface area contributed by atoms with Crippen molar-refractivity contribution >= 4 is 11.7 Å². The Morgan fingerprint density at radius 1 is 1.44 bits per heavy atom. The molecule has 0 spiro atoms. The summed E-state index contributed by atoms with van der Waals surface area (Å²) < 4.78 is 0. The third kappa shape index (κ3) is 2.17. The van der Waals surface area contributed by atoms with Gasteiger partial charge in [0.25, 0.3) is 0 Å². The van der Waals surface area contributed by atoms with Crippen LogP contribution in [0, 0.1) is 18.3 Å². The van der Waals surface area contributed by atoms with Crippen molar-refractivity contribution in [2.75, 3.05) is 5.32 Å². The van der Waals surface area contributed by atoms with Crippen molar-refractivity contribution in [3.8, 4) is 6.07 Å². The SMILES string of the molecule is Cc1ccc(NC2(C(=O)O)CCCC2)c(C#N)c1. The molecule has 94 valence electrons. The molecule has 1 aromatic carbocycles. The number of hydrogen-bond donors (Lipinski definition) is 2. The van der Waals surface area contributed by atoms with Gasteiger partial charge in [0.1, 0.15) is 11.6 Å². The second-order valence-electron chi connectivity index (χ2n) is 4.88. The van der Waals surface area contributed by atoms with Crippen LogP contribution in [-0.2, 0) is 4.79 Å². The monoisotopic (exact) mass is 244 g/mol. The van der Waals surface area contributed by atoms with Gasteiger partial charge in [0.15, 0.2) is 0 Å². The van der Waals surface area contributed by atoms with Gasteiger partial charge in [-0.15, -0.1) is 0 Å². The molecule has 0 radical (unpaired) electrons. The molecule has 1 fully saturated rings. The van der Waals surface area contributed by atoms with Crippen LogP contribution in [-0.4, -0.2) is 16.6 Å². The van der Waals surface area contributed by atoms with E-state index in [0.29, 0.717) is 24.1 Å². The van der Waals surface area contributed by atoms with Gasteiger partial charge >= 0.3 is 5.97 Å². The number of aliphatic carboxylic acids is 1. The minimum atomic E-state index is -0.902. The summed E-state index contributed by atoms with van der Waals surface area (Å²) in [5, 5.41) is 21.6. The van der Waals surface area contributed by atoms with Crippen LogP contribution in [0.5, 0.6) is 0 Å². The first-order valence-electron chi connectivity index (χ1n) is 6.10. The predicted octanol–water partition coefficient (Wildman–Crippen LogP) is 2.68. The number of carboxylic acid groups (broad SMARTS) is 1. The van der Waals surface area contributed by atoms with Gasteiger partial charge in [-0.05, 0) is 37.5 Å². The van der Waals surface area contributed by atoms with Crippen LogP contribution in [0.15, 0.2) is 18.2 Å². The zero-order valence-electron chi connectivity index (χ0n) is 10.4. The van der Waals surface area contributed by atoms with Gasteiger partial charge in [-0.2, -0.15) is 5.26 Å². The molecule has 2 N–H and O–H groups in total. The average Bonchev–Trinajstić information content (AvgIpc) is 2.81. The summed E-state index contributed by atoms with van der Waals surface area (Å²) in [5.41, 5.74) is 1.21. The normalized spacial score (nSPS) is 17.1. The average molecular weight is 244 g/mol. The number of hydrogen-bond acceptors (Lipinski definition) is 3. The first kappa shape index (κ1) is 12.4. The first-order valence-corrected chi connectivity index (χ1v) is 6.10. The Morgan fingerprint density at radius 2 is 2.11 bits per heavy atom. The van der Waals surface area contributed by atoms with Crippen LogP contribution < -0.4 is 5.32 Å². The maximum Gasteiger partial charge on any atom is 0.329 e. The third-order valence-electron chi connectivity index (χ3n) is 3.54. The highest BCUT2D eigenvalue weighted by molar-refractivity contribution is 5.84. The van der Waals surface area contributed by atoms with Crippen molar-refractivity contribution in [3.05, 3.63) is 29.3 Å². The standard InChI is InChI=1S/C14H16N2O2/c1-10-4-5-12(11(8-10)9-15)16-14(13(17)18)6-2-3-7-14/h4-5,8,16H,2-3,6-7H2,1H3,(H,17,18). The molecule has 18 heavy (non-hydrogen) atoms. The lowest BCUT2D eigenvalue weighted by atomic mass is 9.96. The summed E-state index contributed by atoms with van der Waals surface area (Å²) in [6.45, 7) is 1.91. The van der Waals surface area contributed by atoms with Crippen LogP contribution in [0.25, 0.3) is 0 Å². The fourth-order valence-electron chi connectivity index (χ4n) is 2.49. The van der Waals surface area contributed by atoms with E-state index in [1.54, 1.807) is 12.1 Å². The number of nitrogens with one attached hydrogen (secondary N) is 1. The first-order chi connectivity index (χ1) is 8.57. The molecule has 0 amide bonds. The molecule has 4 heteroatoms. The van der Waals surface area contributed by atoms with Crippen LogP contribution in [0.3, 0.4) is 0 Å². The van der Waals surface area contributed by atoms with Gasteiger partial charge in [0, 0.05) is 0 Å². The number of benzene rings is 1. The van der Waals surface area contributed by atoms with Gasteiger partial charge in [-0.25, -0.2) is 4.79 Å². The lowest BCUT2D eigenvalue weighted by Crippen LogP contribution is -2.43. The summed E-state index contributed by atoms with van der Waals surface area (Å²) in [5.74, 6) is -0.829. The molecular formula is C14H16N2O2. The molecule has 4 nitrogen and oxygen atoms in total. The lowest BCUT2D eigenvalue weighted by molar-refractivity contribution is -0.142. The number of rotatable bonds is 3. The van der Waals surface area contributed by atoms with E-state index in [4.69, 9.17) is 5.26 Å². The fourth-order valence-corrected chi connectivity index (χ4v) is 2.49. The van der Waals surface area contributed by atoms with Gasteiger partial charge in [-0.1, -0.05) is 18.9 Å². The number of carboxylic acids is 1. The fraction of sp³-hybridized carbons (Fsp3) is 0.429. The molecular weight excluding hydrogens is 228 g/mol. The summed E-state index contributed by atoms with van der Waals surface area (Å²) in [6, 6.07) is 7.55. The molecule has 0 bridgehead atoms. The van der Waals surface area contributed by atoms with Gasteiger partial charge < -0.3 is 10.4 Å². The van der Waals surface area contributed by atoms with E-state index in [-0.39, 0.29) is 0 Å². The van der Waals surface area contributed by atoms with Crippen molar-refractivity contribution in [2.45, 2.75) is 38.1 Å². The Kier molecular flexibility index (Phi) is 3.24. The van der Waals surface area contributed by atoms with Crippen molar-refractivity contribution in [1.29, 1.82) is 5.26 Å². The molecule has 1 aliphatic rings. The van der Waals surface area contributed by atoms with Crippen LogP contribution in [0.2, 0.25) is 0 Å². The van der Waals surface area contributed by atoms with Gasteiger partial charge in [0.2, 0.25) is 0 Å². The summed E-state index contributed by atoms with van der Waals surface area (Å²) in [7, 11) is 0. The van der Waals surface area contributed by atoms with E-state index in [0.717, 1.165) is 18.4 Å². The summed E-state index contributed by atoms with van der Waals surface area (Å²) in [6.07, 6.45) is 3.04. The molecule has 0 aromatic heterocycles. The molecule has 2 rings (SSSR count). The molecule has 0 saturated heterocycles. The Bertz CT molecular complexity index is 511. The van der Waals surface area contributed by atoms with Crippen molar-refractivity contribution in [3.63, 3.8) is 0 Å². The highest BCUT2D eigenvalue weighted by Gasteiger charge is 2.41. The Balaban J connectivity index is 2.33. The van der Waals surface area contributed by atoms with Crippen molar-refractivity contribution < 1.29 is 9.90 Å². The Labute approximate surface area is 106 Å². The van der Waals surface area contributed by atoms with Gasteiger partial charge in [-0.3, -0.25) is 0 Å². The highest BCUT2D eigenvalue weighted by Crippen LogP contribution is 2.34. The molecule has 0 unspecified atom stereocenters. The second-order valence-corrected chi connectivity index (χ2v) is 4.88. The third-order valence-corrected chi connectivity index (χ3v) is 3.54. The number of carbonyl (C=O) groups is 1. The largest absolute Gasteiger partial charge is 0.480 e. The van der Waals surface area contributed by atoms with E-state index in [2.05, 4.69) is 11.4 Å². The smallest absolute Gasteiger partial charge is 0.329 e. The summed E-state index contributed by atoms with van der Waals surface area (Å²) in [4.78, 5) is 11.4. The zero-order valence-corrected chi connectivity index (χ0v) is 10.4. The lowest BCUT2D eigenvalue weighted by Gasteiger charge is -2.27. The number of nitrogens with zero attached hydrogens (tertiary/aromatic N) is 1. The van der Waals surface area contributed by atoms with Crippen LogP contribution in [0.4, 0.5) is 5.69 Å². The molecule has 0 aliphatic heterocycles. The topological polar surface area (TPSA) is 73.1 Å². The van der Waals surface area contributed by atoms with E-state index >= 15 is 0 Å². The molecule has 0 heterocycles. The quantitative estimate of drug-likeness (QED) is 0.857.